The van der Waals surface area contributed by atoms with E-state index in [0.717, 1.165) is 42.3 Å². The molecule has 13 heteroatoms. The van der Waals surface area contributed by atoms with Crippen molar-refractivity contribution >= 4 is 34.7 Å². The molecule has 2 fully saturated rings. The minimum Gasteiger partial charge on any atom is -0.444 e. The molecule has 2 aliphatic rings. The number of aromatic amines is 1. The Bertz CT molecular complexity index is 1720. The average molecular weight is 623 g/mol. The van der Waals surface area contributed by atoms with Crippen molar-refractivity contribution in [1.82, 2.24) is 34.6 Å². The van der Waals surface area contributed by atoms with Crippen LogP contribution in [0.1, 0.15) is 60.3 Å². The summed E-state index contributed by atoms with van der Waals surface area (Å²) in [6, 6.07) is 3.64. The highest BCUT2D eigenvalue weighted by molar-refractivity contribution is 6.30. The van der Waals surface area contributed by atoms with Crippen molar-refractivity contribution in [3.05, 3.63) is 40.1 Å². The number of piperazine rings is 1. The van der Waals surface area contributed by atoms with Gasteiger partial charge in [-0.25, -0.2) is 19.6 Å². The van der Waals surface area contributed by atoms with E-state index in [1.807, 2.05) is 32.9 Å². The van der Waals surface area contributed by atoms with Crippen LogP contribution in [0, 0.1) is 11.8 Å². The van der Waals surface area contributed by atoms with Crippen LogP contribution in [0.3, 0.4) is 0 Å². The summed E-state index contributed by atoms with van der Waals surface area (Å²) in [6.45, 7) is 12.5. The topological polar surface area (TPSA) is 135 Å². The Morgan fingerprint density at radius 2 is 1.89 bits per heavy atom. The zero-order valence-corrected chi connectivity index (χ0v) is 26.6. The van der Waals surface area contributed by atoms with Gasteiger partial charge in [0.25, 0.3) is 0 Å². The number of amides is 1. The first-order valence-corrected chi connectivity index (χ1v) is 15.7. The molecule has 1 saturated heterocycles. The van der Waals surface area contributed by atoms with Crippen molar-refractivity contribution in [3.63, 3.8) is 0 Å². The van der Waals surface area contributed by atoms with Crippen LogP contribution in [-0.2, 0) is 11.3 Å². The van der Waals surface area contributed by atoms with Crippen LogP contribution in [0.15, 0.2) is 33.8 Å². The molecule has 4 aromatic heterocycles. The van der Waals surface area contributed by atoms with Crippen LogP contribution in [0.5, 0.6) is 0 Å². The molecule has 4 aromatic rings. The van der Waals surface area contributed by atoms with Gasteiger partial charge in [-0.3, -0.25) is 14.5 Å². The van der Waals surface area contributed by atoms with Crippen molar-refractivity contribution in [2.24, 2.45) is 11.8 Å². The van der Waals surface area contributed by atoms with Gasteiger partial charge in [0.2, 0.25) is 11.8 Å². The number of hydrogen-bond donors (Lipinski definition) is 1. The van der Waals surface area contributed by atoms with Crippen LogP contribution in [-0.4, -0.2) is 71.9 Å². The van der Waals surface area contributed by atoms with Crippen molar-refractivity contribution < 1.29 is 14.1 Å². The zero-order chi connectivity index (χ0) is 31.2. The highest BCUT2D eigenvalue weighted by atomic mass is 35.5. The zero-order valence-electron chi connectivity index (χ0n) is 25.8. The third kappa shape index (κ3) is 6.31. The number of anilines is 1. The van der Waals surface area contributed by atoms with E-state index < -0.39 is 11.4 Å². The summed E-state index contributed by atoms with van der Waals surface area (Å²) in [5.41, 5.74) is 2.78. The second-order valence-corrected chi connectivity index (χ2v) is 13.6. The molecule has 44 heavy (non-hydrogen) atoms. The summed E-state index contributed by atoms with van der Waals surface area (Å²) < 4.78 is 12.7. The van der Waals surface area contributed by atoms with Gasteiger partial charge < -0.3 is 19.1 Å². The van der Waals surface area contributed by atoms with Gasteiger partial charge in [0.05, 0.1) is 21.7 Å². The molecule has 1 aliphatic heterocycles. The fourth-order valence-electron chi connectivity index (χ4n) is 6.26. The van der Waals surface area contributed by atoms with Gasteiger partial charge in [-0.1, -0.05) is 36.5 Å². The van der Waals surface area contributed by atoms with Crippen LogP contribution in [0.25, 0.3) is 33.8 Å². The number of halogens is 1. The Morgan fingerprint density at radius 1 is 1.11 bits per heavy atom. The molecule has 12 nitrogen and oxygen atoms in total. The molecular weight excluding hydrogens is 584 g/mol. The molecule has 0 bridgehead atoms. The first kappa shape index (κ1) is 30.1. The van der Waals surface area contributed by atoms with Crippen LogP contribution >= 0.6 is 11.6 Å². The average Bonchev–Trinajstić information content (AvgIpc) is 3.56. The number of carbonyl (C=O) groups is 1. The number of nitrogens with zero attached hydrogens (tertiary/aromatic N) is 7. The highest BCUT2D eigenvalue weighted by Gasteiger charge is 2.34. The Kier molecular flexibility index (Phi) is 8.12. The molecule has 1 aliphatic carbocycles. The number of pyridine rings is 2. The fourth-order valence-corrected chi connectivity index (χ4v) is 6.43. The normalized spacial score (nSPS) is 21.2. The number of rotatable bonds is 5. The predicted molar refractivity (Wildman–Crippen MR) is 168 cm³/mol. The third-order valence-electron chi connectivity index (χ3n) is 8.48. The Hall–Kier alpha value is -3.93. The molecule has 6 rings (SSSR count). The molecule has 0 spiro atoms. The van der Waals surface area contributed by atoms with E-state index in [4.69, 9.17) is 30.8 Å². The van der Waals surface area contributed by atoms with Gasteiger partial charge in [0.1, 0.15) is 11.3 Å². The maximum absolute atomic E-state index is 12.9. The highest BCUT2D eigenvalue weighted by Crippen LogP contribution is 2.38. The summed E-state index contributed by atoms with van der Waals surface area (Å²) in [4.78, 5) is 45.9. The molecule has 1 saturated carbocycles. The lowest BCUT2D eigenvalue weighted by Crippen LogP contribution is -2.55. The molecule has 234 valence electrons. The van der Waals surface area contributed by atoms with Gasteiger partial charge in [-0.2, -0.15) is 0 Å². The van der Waals surface area contributed by atoms with Gasteiger partial charge in [-0.15, -0.1) is 0 Å². The SMILES string of the molecule is CC1CN(C(=O)OC(C)(C)C)CCN1c1nc2cc(-c3noc(=O)[nH]3)nc(-c3cncc(Cl)c3)c2n1C[C@H]1CC[C@H](C)CC1. The lowest BCUT2D eigenvalue weighted by Gasteiger charge is -2.41. The third-order valence-corrected chi connectivity index (χ3v) is 8.68. The van der Waals surface area contributed by atoms with Gasteiger partial charge in [0, 0.05) is 50.2 Å². The number of H-pyrrole nitrogens is 1. The number of nitrogens with one attached hydrogen (secondary N) is 1. The quantitative estimate of drug-likeness (QED) is 0.294. The summed E-state index contributed by atoms with van der Waals surface area (Å²) in [7, 11) is 0. The molecule has 0 aromatic carbocycles. The molecule has 1 amide bonds. The number of ether oxygens (including phenoxy) is 1. The van der Waals surface area contributed by atoms with Crippen LogP contribution in [0.2, 0.25) is 5.02 Å². The van der Waals surface area contributed by atoms with Crippen LogP contribution < -0.4 is 10.7 Å². The van der Waals surface area contributed by atoms with Crippen molar-refractivity contribution in [2.45, 2.75) is 78.5 Å². The summed E-state index contributed by atoms with van der Waals surface area (Å²) in [6.07, 6.45) is 7.68. The predicted octanol–water partition coefficient (Wildman–Crippen LogP) is 5.76. The monoisotopic (exact) mass is 622 g/mol. The lowest BCUT2D eigenvalue weighted by molar-refractivity contribution is 0.0217. The molecular formula is C31H39ClN8O4. The van der Waals surface area contributed by atoms with E-state index in [2.05, 4.69) is 38.4 Å². The smallest absolute Gasteiger partial charge is 0.439 e. The molecule has 1 unspecified atom stereocenters. The maximum atomic E-state index is 12.9. The second kappa shape index (κ2) is 11.9. The van der Waals surface area contributed by atoms with Crippen molar-refractivity contribution in [2.75, 3.05) is 24.5 Å². The summed E-state index contributed by atoms with van der Waals surface area (Å²) in [5.74, 6) is 1.58. The second-order valence-electron chi connectivity index (χ2n) is 13.2. The Labute approximate surface area is 260 Å². The van der Waals surface area contributed by atoms with Crippen LogP contribution in [0.4, 0.5) is 10.7 Å². The van der Waals surface area contributed by atoms with Crippen molar-refractivity contribution in [3.8, 4) is 22.8 Å². The number of hydrogen-bond acceptors (Lipinski definition) is 9. The molecule has 5 heterocycles. The maximum Gasteiger partial charge on any atom is 0.439 e. The summed E-state index contributed by atoms with van der Waals surface area (Å²) >= 11 is 6.40. The molecule has 1 N–H and O–H groups in total. The first-order chi connectivity index (χ1) is 20.9. The van der Waals surface area contributed by atoms with Gasteiger partial charge >= 0.3 is 11.8 Å². The fraction of sp³-hybridized carbons (Fsp3) is 0.548. The number of aromatic nitrogens is 6. The minimum absolute atomic E-state index is 0.0196. The number of imidazole rings is 1. The Morgan fingerprint density at radius 3 is 2.55 bits per heavy atom. The van der Waals surface area contributed by atoms with Gasteiger partial charge in [-0.05, 0) is 64.5 Å². The van der Waals surface area contributed by atoms with E-state index in [1.165, 1.54) is 12.8 Å². The minimum atomic E-state index is -0.665. The van der Waals surface area contributed by atoms with E-state index in [0.29, 0.717) is 47.5 Å². The van der Waals surface area contributed by atoms with E-state index in [1.54, 1.807) is 17.3 Å². The van der Waals surface area contributed by atoms with E-state index >= 15 is 0 Å². The largest absolute Gasteiger partial charge is 0.444 e. The lowest BCUT2D eigenvalue weighted by atomic mass is 9.83. The first-order valence-electron chi connectivity index (χ1n) is 15.3. The molecule has 1 atom stereocenters. The van der Waals surface area contributed by atoms with Crippen molar-refractivity contribution in [1.29, 1.82) is 0 Å². The number of carbonyl (C=O) groups excluding carboxylic acids is 1. The standard InChI is InChI=1S/C31H39ClN8O4/c1-18-6-8-20(9-7-18)17-40-26-23(35-28(40)39-11-10-38(16-19(39)2)30(42)43-31(3,4)5)13-24(27-36-29(41)44-37-27)34-25(26)21-12-22(32)15-33-14-21/h12-15,18-20H,6-11,16-17H2,1-5H3,(H,36,37,41)/t18-,19?,20-. The molecule has 0 radical (unpaired) electrons. The number of fused-ring (bicyclic) bond motifs is 1. The van der Waals surface area contributed by atoms with E-state index in [-0.39, 0.29) is 18.0 Å². The van der Waals surface area contributed by atoms with E-state index in [9.17, 15) is 9.59 Å². The Balaban J connectivity index is 1.47. The van der Waals surface area contributed by atoms with Gasteiger partial charge in [0.15, 0.2) is 0 Å². The summed E-state index contributed by atoms with van der Waals surface area (Å²) in [5, 5.41) is 4.37.